The summed E-state index contributed by atoms with van der Waals surface area (Å²) in [6.07, 6.45) is 1.49. The van der Waals surface area contributed by atoms with E-state index in [9.17, 15) is 25.3 Å². The first-order valence-corrected chi connectivity index (χ1v) is 8.20. The summed E-state index contributed by atoms with van der Waals surface area (Å²) in [6, 6.07) is 16.0. The fraction of sp³-hybridized carbons (Fsp3) is 0.0476. The van der Waals surface area contributed by atoms with Gasteiger partial charge in [0.05, 0.1) is 22.1 Å². The summed E-state index contributed by atoms with van der Waals surface area (Å²) < 4.78 is 5.76. The number of carboxylic acid groups (broad SMARTS) is 1. The molecule has 0 saturated heterocycles. The molecule has 1 N–H and O–H groups in total. The molecule has 0 radical (unpaired) electrons. The van der Waals surface area contributed by atoms with Crippen LogP contribution in [0.25, 0.3) is 23.0 Å². The Morgan fingerprint density at radius 1 is 1.21 bits per heavy atom. The summed E-state index contributed by atoms with van der Waals surface area (Å²) in [5.74, 6) is -0.190. The number of nitriles is 1. The molecule has 28 heavy (non-hydrogen) atoms. The molecule has 0 saturated carbocycles. The maximum Gasteiger partial charge on any atom is 0.335 e. The number of nitrogens with zero attached hydrogens (tertiary/aromatic N) is 2. The Balaban J connectivity index is 1.99. The summed E-state index contributed by atoms with van der Waals surface area (Å²) in [5, 5.41) is 29.6. The Labute approximate surface area is 159 Å². The van der Waals surface area contributed by atoms with E-state index in [2.05, 4.69) is 0 Å². The molecule has 0 fully saturated rings. The van der Waals surface area contributed by atoms with Gasteiger partial charge in [-0.05, 0) is 42.3 Å². The van der Waals surface area contributed by atoms with E-state index in [1.54, 1.807) is 37.3 Å². The molecule has 0 aliphatic rings. The van der Waals surface area contributed by atoms with Crippen molar-refractivity contribution in [3.8, 4) is 17.4 Å². The summed E-state index contributed by atoms with van der Waals surface area (Å²) in [4.78, 5) is 21.7. The first kappa shape index (κ1) is 18.6. The number of carbonyl (C=O) groups is 1. The van der Waals surface area contributed by atoms with Crippen molar-refractivity contribution in [3.05, 3.63) is 87.2 Å². The lowest BCUT2D eigenvalue weighted by Crippen LogP contribution is -2.00. The molecule has 7 nitrogen and oxygen atoms in total. The molecule has 2 aromatic carbocycles. The second-order valence-electron chi connectivity index (χ2n) is 5.96. The number of allylic oxidation sites excluding steroid dienone is 1. The van der Waals surface area contributed by atoms with Crippen molar-refractivity contribution in [1.82, 2.24) is 0 Å². The zero-order valence-corrected chi connectivity index (χ0v) is 14.7. The van der Waals surface area contributed by atoms with Crippen LogP contribution < -0.4 is 0 Å². The first-order valence-electron chi connectivity index (χ1n) is 8.20. The van der Waals surface area contributed by atoms with Gasteiger partial charge in [-0.15, -0.1) is 0 Å². The Morgan fingerprint density at radius 2 is 1.96 bits per heavy atom. The van der Waals surface area contributed by atoms with E-state index in [0.29, 0.717) is 28.2 Å². The van der Waals surface area contributed by atoms with Crippen LogP contribution in [0.4, 0.5) is 5.69 Å². The largest absolute Gasteiger partial charge is 0.478 e. The Hall–Kier alpha value is -4.18. The number of hydrogen-bond acceptors (Lipinski definition) is 5. The monoisotopic (exact) mass is 374 g/mol. The highest BCUT2D eigenvalue weighted by molar-refractivity contribution is 5.92. The minimum atomic E-state index is -1.02. The number of hydrogen-bond donors (Lipinski definition) is 1. The van der Waals surface area contributed by atoms with Crippen molar-refractivity contribution in [2.75, 3.05) is 0 Å². The topological polar surface area (TPSA) is 117 Å². The van der Waals surface area contributed by atoms with Gasteiger partial charge in [0, 0.05) is 17.7 Å². The molecule has 0 spiro atoms. The summed E-state index contributed by atoms with van der Waals surface area (Å²) in [5.41, 5.74) is 1.88. The minimum absolute atomic E-state index is 0.111. The highest BCUT2D eigenvalue weighted by atomic mass is 16.6. The third kappa shape index (κ3) is 3.66. The molecule has 0 atom stereocenters. The highest BCUT2D eigenvalue weighted by Crippen LogP contribution is 2.29. The smallest absolute Gasteiger partial charge is 0.335 e. The van der Waals surface area contributed by atoms with Crippen LogP contribution in [-0.2, 0) is 0 Å². The molecular weight excluding hydrogens is 360 g/mol. The number of non-ortho nitro benzene ring substituents is 1. The first-order chi connectivity index (χ1) is 13.4. The third-order valence-corrected chi connectivity index (χ3v) is 4.23. The lowest BCUT2D eigenvalue weighted by Gasteiger charge is -2.06. The number of benzene rings is 2. The maximum atomic E-state index is 11.3. The molecule has 1 heterocycles. The zero-order valence-electron chi connectivity index (χ0n) is 14.7. The molecule has 0 amide bonds. The second-order valence-corrected chi connectivity index (χ2v) is 5.96. The van der Waals surface area contributed by atoms with E-state index in [1.165, 1.54) is 30.3 Å². The van der Waals surface area contributed by atoms with E-state index in [4.69, 9.17) is 4.42 Å². The van der Waals surface area contributed by atoms with Gasteiger partial charge < -0.3 is 9.52 Å². The molecule has 138 valence electrons. The number of carboxylic acids is 1. The van der Waals surface area contributed by atoms with Crippen molar-refractivity contribution in [1.29, 1.82) is 5.26 Å². The number of nitro benzene ring substituents is 1. The zero-order chi connectivity index (χ0) is 20.3. The number of nitro groups is 1. The van der Waals surface area contributed by atoms with Crippen molar-refractivity contribution in [2.24, 2.45) is 0 Å². The number of rotatable bonds is 5. The van der Waals surface area contributed by atoms with Crippen molar-refractivity contribution in [3.63, 3.8) is 0 Å². The quantitative estimate of drug-likeness (QED) is 0.384. The Kier molecular flexibility index (Phi) is 5.05. The van der Waals surface area contributed by atoms with Crippen LogP contribution in [0.15, 0.2) is 59.0 Å². The lowest BCUT2D eigenvalue weighted by molar-refractivity contribution is -0.384. The summed E-state index contributed by atoms with van der Waals surface area (Å²) in [6.45, 7) is 1.70. The van der Waals surface area contributed by atoms with E-state index >= 15 is 0 Å². The SMILES string of the molecule is Cc1c(C(=O)O)cccc1-c1ccc(/C=C(/C#N)c2cccc([N+](=O)[O-])c2)o1. The van der Waals surface area contributed by atoms with Crippen molar-refractivity contribution >= 4 is 23.3 Å². The van der Waals surface area contributed by atoms with Crippen LogP contribution in [0.5, 0.6) is 0 Å². The molecule has 0 bridgehead atoms. The fourth-order valence-electron chi connectivity index (χ4n) is 2.82. The Bertz CT molecular complexity index is 1150. The minimum Gasteiger partial charge on any atom is -0.478 e. The van der Waals surface area contributed by atoms with Crippen LogP contribution in [-0.4, -0.2) is 16.0 Å². The Morgan fingerprint density at radius 3 is 2.64 bits per heavy atom. The van der Waals surface area contributed by atoms with Crippen LogP contribution in [0, 0.1) is 28.4 Å². The molecule has 1 aromatic heterocycles. The van der Waals surface area contributed by atoms with Crippen LogP contribution in [0.2, 0.25) is 0 Å². The van der Waals surface area contributed by atoms with E-state index in [0.717, 1.165) is 0 Å². The highest BCUT2D eigenvalue weighted by Gasteiger charge is 2.14. The lowest BCUT2D eigenvalue weighted by atomic mass is 10.0. The summed E-state index contributed by atoms with van der Waals surface area (Å²) >= 11 is 0. The van der Waals surface area contributed by atoms with Crippen molar-refractivity contribution in [2.45, 2.75) is 6.92 Å². The van der Waals surface area contributed by atoms with Gasteiger partial charge >= 0.3 is 5.97 Å². The van der Waals surface area contributed by atoms with Crippen LogP contribution >= 0.6 is 0 Å². The molecule has 7 heteroatoms. The van der Waals surface area contributed by atoms with Crippen molar-refractivity contribution < 1.29 is 19.2 Å². The van der Waals surface area contributed by atoms with Gasteiger partial charge in [-0.3, -0.25) is 10.1 Å². The van der Waals surface area contributed by atoms with Gasteiger partial charge in [0.25, 0.3) is 5.69 Å². The van der Waals surface area contributed by atoms with Gasteiger partial charge in [0.1, 0.15) is 11.5 Å². The van der Waals surface area contributed by atoms with E-state index in [1.807, 2.05) is 6.07 Å². The average Bonchev–Trinajstić information content (AvgIpc) is 3.14. The maximum absolute atomic E-state index is 11.3. The van der Waals surface area contributed by atoms with E-state index < -0.39 is 10.9 Å². The molecule has 0 unspecified atom stereocenters. The predicted molar refractivity (Wildman–Crippen MR) is 102 cm³/mol. The normalized spacial score (nSPS) is 11.1. The summed E-state index contributed by atoms with van der Waals surface area (Å²) in [7, 11) is 0. The van der Waals surface area contributed by atoms with Crippen LogP contribution in [0.3, 0.4) is 0 Å². The van der Waals surface area contributed by atoms with E-state index in [-0.39, 0.29) is 16.8 Å². The molecule has 0 aliphatic heterocycles. The predicted octanol–water partition coefficient (Wildman–Crippen LogP) is 4.93. The third-order valence-electron chi connectivity index (χ3n) is 4.23. The second kappa shape index (κ2) is 7.60. The van der Waals surface area contributed by atoms with Gasteiger partial charge in [-0.2, -0.15) is 5.26 Å². The van der Waals surface area contributed by atoms with Crippen LogP contribution in [0.1, 0.15) is 27.2 Å². The van der Waals surface area contributed by atoms with Gasteiger partial charge in [0.15, 0.2) is 0 Å². The standard InChI is InChI=1S/C21H14N2O5/c1-13-18(6-3-7-19(13)21(24)25)20-9-8-17(28-20)11-15(12-22)14-4-2-5-16(10-14)23(26)27/h2-11H,1H3,(H,24,25)/b15-11-. The van der Waals surface area contributed by atoms with Gasteiger partial charge in [-0.1, -0.05) is 24.3 Å². The molecule has 3 rings (SSSR count). The number of furan rings is 1. The fourth-order valence-corrected chi connectivity index (χ4v) is 2.82. The molecule has 0 aliphatic carbocycles. The molecular formula is C21H14N2O5. The van der Waals surface area contributed by atoms with Gasteiger partial charge in [-0.25, -0.2) is 4.79 Å². The molecule has 3 aromatic rings. The number of aromatic carboxylic acids is 1. The average molecular weight is 374 g/mol. The van der Waals surface area contributed by atoms with Gasteiger partial charge in [0.2, 0.25) is 0 Å².